The predicted octanol–water partition coefficient (Wildman–Crippen LogP) is 5.11. The van der Waals surface area contributed by atoms with Gasteiger partial charge in [0, 0.05) is 16.3 Å². The number of furan rings is 1. The van der Waals surface area contributed by atoms with Crippen LogP contribution in [0.5, 0.6) is 0 Å². The fourth-order valence-corrected chi connectivity index (χ4v) is 3.63. The van der Waals surface area contributed by atoms with E-state index in [0.29, 0.717) is 28.2 Å². The number of halogens is 2. The number of hydrogen-bond acceptors (Lipinski definition) is 5. The Morgan fingerprint density at radius 2 is 1.87 bits per heavy atom. The van der Waals surface area contributed by atoms with Crippen molar-refractivity contribution in [1.82, 2.24) is 14.8 Å². The van der Waals surface area contributed by atoms with E-state index in [1.54, 1.807) is 18.4 Å². The molecule has 0 radical (unpaired) electrons. The molecular weight excluding hydrogens is 427 g/mol. The predicted molar refractivity (Wildman–Crippen MR) is 114 cm³/mol. The third kappa shape index (κ3) is 4.90. The highest BCUT2D eigenvalue weighted by molar-refractivity contribution is 7.99. The Bertz CT molecular complexity index is 1130. The van der Waals surface area contributed by atoms with Crippen molar-refractivity contribution in [2.24, 2.45) is 0 Å². The Hall–Kier alpha value is -3.10. The summed E-state index contributed by atoms with van der Waals surface area (Å²) in [5.41, 5.74) is 1.38. The van der Waals surface area contributed by atoms with Crippen molar-refractivity contribution in [2.45, 2.75) is 11.7 Å². The molecule has 0 saturated heterocycles. The van der Waals surface area contributed by atoms with Gasteiger partial charge in [-0.15, -0.1) is 10.2 Å². The maximum absolute atomic E-state index is 13.0. The molecule has 6 nitrogen and oxygen atoms in total. The second kappa shape index (κ2) is 9.15. The highest BCUT2D eigenvalue weighted by atomic mass is 35.5. The minimum Gasteiger partial charge on any atom is -0.467 e. The molecule has 30 heavy (non-hydrogen) atoms. The van der Waals surface area contributed by atoms with Crippen molar-refractivity contribution in [3.8, 4) is 11.4 Å². The third-order valence-electron chi connectivity index (χ3n) is 4.17. The topological polar surface area (TPSA) is 73.0 Å². The van der Waals surface area contributed by atoms with E-state index in [9.17, 15) is 9.18 Å². The highest BCUT2D eigenvalue weighted by Crippen LogP contribution is 2.26. The van der Waals surface area contributed by atoms with Gasteiger partial charge in [-0.1, -0.05) is 23.4 Å². The first-order valence-electron chi connectivity index (χ1n) is 8.98. The summed E-state index contributed by atoms with van der Waals surface area (Å²) in [4.78, 5) is 12.3. The first-order chi connectivity index (χ1) is 14.6. The van der Waals surface area contributed by atoms with Gasteiger partial charge in [0.1, 0.15) is 11.6 Å². The number of benzene rings is 2. The van der Waals surface area contributed by atoms with Crippen LogP contribution in [-0.2, 0) is 11.3 Å². The molecule has 2 aromatic carbocycles. The van der Waals surface area contributed by atoms with Gasteiger partial charge in [-0.05, 0) is 60.7 Å². The number of rotatable bonds is 7. The van der Waals surface area contributed by atoms with Gasteiger partial charge in [-0.3, -0.25) is 9.36 Å². The van der Waals surface area contributed by atoms with Crippen LogP contribution in [0, 0.1) is 5.82 Å². The lowest BCUT2D eigenvalue weighted by atomic mass is 10.2. The Kier molecular flexibility index (Phi) is 6.15. The SMILES string of the molecule is O=C(CSc1nnc(-c2ccc(Cl)cc2)n1Cc1ccco1)Nc1ccc(F)cc1. The second-order valence-corrected chi connectivity index (χ2v) is 7.70. The zero-order valence-corrected chi connectivity index (χ0v) is 17.2. The summed E-state index contributed by atoms with van der Waals surface area (Å²) >= 11 is 7.25. The first kappa shape index (κ1) is 20.2. The van der Waals surface area contributed by atoms with Crippen LogP contribution in [-0.4, -0.2) is 26.4 Å². The fraction of sp³-hybridized carbons (Fsp3) is 0.0952. The van der Waals surface area contributed by atoms with E-state index in [-0.39, 0.29) is 17.5 Å². The largest absolute Gasteiger partial charge is 0.467 e. The van der Waals surface area contributed by atoms with E-state index in [1.165, 1.54) is 36.0 Å². The molecule has 0 spiro atoms. The van der Waals surface area contributed by atoms with E-state index in [1.807, 2.05) is 28.8 Å². The van der Waals surface area contributed by atoms with Crippen LogP contribution < -0.4 is 5.32 Å². The number of thioether (sulfide) groups is 1. The van der Waals surface area contributed by atoms with Gasteiger partial charge in [-0.2, -0.15) is 0 Å². The minimum absolute atomic E-state index is 0.119. The Balaban J connectivity index is 1.52. The van der Waals surface area contributed by atoms with Gasteiger partial charge in [0.05, 0.1) is 18.6 Å². The molecule has 152 valence electrons. The molecule has 9 heteroatoms. The number of aromatic nitrogens is 3. The molecule has 0 fully saturated rings. The van der Waals surface area contributed by atoms with Crippen LogP contribution in [0.1, 0.15) is 5.76 Å². The summed E-state index contributed by atoms with van der Waals surface area (Å²) in [6.45, 7) is 0.417. The molecule has 0 unspecified atom stereocenters. The van der Waals surface area contributed by atoms with E-state index in [4.69, 9.17) is 16.0 Å². The monoisotopic (exact) mass is 442 g/mol. The fourth-order valence-electron chi connectivity index (χ4n) is 2.77. The molecule has 0 atom stereocenters. The Morgan fingerprint density at radius 1 is 1.10 bits per heavy atom. The molecule has 0 aliphatic heterocycles. The van der Waals surface area contributed by atoms with Crippen molar-refractivity contribution in [2.75, 3.05) is 11.1 Å². The lowest BCUT2D eigenvalue weighted by Gasteiger charge is -2.09. The normalized spacial score (nSPS) is 10.9. The number of anilines is 1. The summed E-state index contributed by atoms with van der Waals surface area (Å²) in [6, 6.07) is 16.6. The zero-order valence-electron chi connectivity index (χ0n) is 15.6. The molecule has 0 aliphatic rings. The molecule has 2 heterocycles. The van der Waals surface area contributed by atoms with Crippen LogP contribution in [0.25, 0.3) is 11.4 Å². The second-order valence-electron chi connectivity index (χ2n) is 6.32. The Morgan fingerprint density at radius 3 is 2.57 bits per heavy atom. The van der Waals surface area contributed by atoms with Gasteiger partial charge in [0.15, 0.2) is 11.0 Å². The number of hydrogen-bond donors (Lipinski definition) is 1. The molecule has 0 aliphatic carbocycles. The van der Waals surface area contributed by atoms with Gasteiger partial charge < -0.3 is 9.73 Å². The van der Waals surface area contributed by atoms with Crippen LogP contribution >= 0.6 is 23.4 Å². The van der Waals surface area contributed by atoms with Crippen molar-refractivity contribution in [3.05, 3.63) is 83.5 Å². The van der Waals surface area contributed by atoms with Crippen LogP contribution in [0.3, 0.4) is 0 Å². The van der Waals surface area contributed by atoms with Crippen molar-refractivity contribution in [1.29, 1.82) is 0 Å². The van der Waals surface area contributed by atoms with Gasteiger partial charge in [-0.25, -0.2) is 4.39 Å². The molecule has 4 aromatic rings. The van der Waals surface area contributed by atoms with E-state index in [0.717, 1.165) is 11.3 Å². The highest BCUT2D eigenvalue weighted by Gasteiger charge is 2.17. The number of carbonyl (C=O) groups is 1. The molecular formula is C21H16ClFN4O2S. The van der Waals surface area contributed by atoms with E-state index < -0.39 is 0 Å². The van der Waals surface area contributed by atoms with E-state index >= 15 is 0 Å². The summed E-state index contributed by atoms with van der Waals surface area (Å²) in [7, 11) is 0. The average Bonchev–Trinajstić information content (AvgIpc) is 3.39. The number of nitrogens with zero attached hydrogens (tertiary/aromatic N) is 3. The van der Waals surface area contributed by atoms with Crippen LogP contribution in [0.15, 0.2) is 76.5 Å². The average molecular weight is 443 g/mol. The van der Waals surface area contributed by atoms with Crippen LogP contribution in [0.2, 0.25) is 5.02 Å². The molecule has 1 amide bonds. The van der Waals surface area contributed by atoms with Gasteiger partial charge in [0.25, 0.3) is 0 Å². The molecule has 4 rings (SSSR count). The van der Waals surface area contributed by atoms with Crippen molar-refractivity contribution >= 4 is 35.0 Å². The molecule has 1 N–H and O–H groups in total. The van der Waals surface area contributed by atoms with Gasteiger partial charge in [0.2, 0.25) is 5.91 Å². The molecule has 0 saturated carbocycles. The minimum atomic E-state index is -0.358. The standard InChI is InChI=1S/C21H16ClFN4O2S/c22-15-5-3-14(4-6-15)20-25-26-21(27(20)12-18-2-1-11-29-18)30-13-19(28)24-17-9-7-16(23)8-10-17/h1-11H,12-13H2,(H,24,28). The molecule has 2 aromatic heterocycles. The summed E-state index contributed by atoms with van der Waals surface area (Å²) < 4.78 is 20.4. The quantitative estimate of drug-likeness (QED) is 0.402. The third-order valence-corrected chi connectivity index (χ3v) is 5.39. The van der Waals surface area contributed by atoms with Crippen LogP contribution in [0.4, 0.5) is 10.1 Å². The number of amides is 1. The first-order valence-corrected chi connectivity index (χ1v) is 10.3. The summed E-state index contributed by atoms with van der Waals surface area (Å²) in [5, 5.41) is 12.5. The summed E-state index contributed by atoms with van der Waals surface area (Å²) in [5.74, 6) is 0.913. The molecule has 0 bridgehead atoms. The maximum atomic E-state index is 13.0. The summed E-state index contributed by atoms with van der Waals surface area (Å²) in [6.07, 6.45) is 1.60. The Labute approximate surface area is 181 Å². The lowest BCUT2D eigenvalue weighted by Crippen LogP contribution is -2.14. The lowest BCUT2D eigenvalue weighted by molar-refractivity contribution is -0.113. The smallest absolute Gasteiger partial charge is 0.234 e. The van der Waals surface area contributed by atoms with Gasteiger partial charge >= 0.3 is 0 Å². The van der Waals surface area contributed by atoms with Crippen molar-refractivity contribution < 1.29 is 13.6 Å². The number of nitrogens with one attached hydrogen (secondary N) is 1. The number of carbonyl (C=O) groups excluding carboxylic acids is 1. The maximum Gasteiger partial charge on any atom is 0.234 e. The zero-order chi connectivity index (χ0) is 20.9. The van der Waals surface area contributed by atoms with Crippen molar-refractivity contribution in [3.63, 3.8) is 0 Å². The van der Waals surface area contributed by atoms with E-state index in [2.05, 4.69) is 15.5 Å².